The van der Waals surface area contributed by atoms with E-state index >= 15 is 0 Å². The van der Waals surface area contributed by atoms with Gasteiger partial charge in [-0.2, -0.15) is 0 Å². The maximum Gasteiger partial charge on any atom is 0.338 e. The molecule has 1 spiro atoms. The summed E-state index contributed by atoms with van der Waals surface area (Å²) in [4.78, 5) is 18.1. The molecule has 5 rings (SSSR count). The molecule has 0 amide bonds. The molecule has 0 aliphatic carbocycles. The minimum Gasteiger partial charge on any atom is -0.478 e. The number of carbonyl (C=O) groups is 1. The van der Waals surface area contributed by atoms with Gasteiger partial charge in [0.15, 0.2) is 0 Å². The molecule has 0 aromatic heterocycles. The third-order valence-electron chi connectivity index (χ3n) is 4.86. The molecule has 4 aliphatic heterocycles. The van der Waals surface area contributed by atoms with E-state index in [1.807, 2.05) is 65.9 Å². The van der Waals surface area contributed by atoms with E-state index in [-0.39, 0.29) is 5.57 Å². The van der Waals surface area contributed by atoms with Crippen LogP contribution in [-0.4, -0.2) is 27.4 Å². The van der Waals surface area contributed by atoms with Crippen LogP contribution in [0.1, 0.15) is 6.92 Å². The molecule has 1 aromatic rings. The fourth-order valence-corrected chi connectivity index (χ4v) is 3.77. The monoisotopic (exact) mass is 330 g/mol. The van der Waals surface area contributed by atoms with Crippen molar-refractivity contribution in [3.8, 4) is 5.75 Å². The fraction of sp³-hybridized carbons (Fsp3) is 0.100. The Balaban J connectivity index is 1.85. The first-order chi connectivity index (χ1) is 12.1. The smallest absolute Gasteiger partial charge is 0.338 e. The number of allylic oxidation sites excluding steroid dienone is 4. The highest BCUT2D eigenvalue weighted by atomic mass is 16.5. The largest absolute Gasteiger partial charge is 0.478 e. The maximum atomic E-state index is 11.7. The van der Waals surface area contributed by atoms with Crippen LogP contribution in [0.25, 0.3) is 11.6 Å². The third-order valence-corrected chi connectivity index (χ3v) is 4.86. The van der Waals surface area contributed by atoms with Gasteiger partial charge in [-0.25, -0.2) is 4.79 Å². The first kappa shape index (κ1) is 14.0. The Labute approximate surface area is 143 Å². The molecule has 0 radical (unpaired) electrons. The predicted octanol–water partition coefficient (Wildman–Crippen LogP) is 1.74. The van der Waals surface area contributed by atoms with Crippen LogP contribution in [0, 0.1) is 0 Å². The number of rotatable bonds is 1. The molecule has 122 valence electrons. The molecule has 1 unspecified atom stereocenters. The average molecular weight is 330 g/mol. The van der Waals surface area contributed by atoms with Gasteiger partial charge < -0.3 is 14.7 Å². The number of nitrogens with zero attached hydrogens (tertiary/aromatic N) is 2. The normalized spacial score (nSPS) is 24.4. The minimum atomic E-state index is -0.971. The molecule has 25 heavy (non-hydrogen) atoms. The van der Waals surface area contributed by atoms with Gasteiger partial charge in [-0.05, 0) is 43.4 Å². The van der Waals surface area contributed by atoms with Crippen LogP contribution in [0.3, 0.4) is 0 Å². The van der Waals surface area contributed by atoms with Gasteiger partial charge in [-0.15, -0.1) is 0 Å². The molecular formula is C20H14N2O3. The van der Waals surface area contributed by atoms with Gasteiger partial charge in [0.1, 0.15) is 5.75 Å². The predicted molar refractivity (Wildman–Crippen MR) is 94.7 cm³/mol. The van der Waals surface area contributed by atoms with E-state index in [9.17, 15) is 9.90 Å². The van der Waals surface area contributed by atoms with E-state index < -0.39 is 11.7 Å². The van der Waals surface area contributed by atoms with E-state index in [4.69, 9.17) is 4.74 Å². The van der Waals surface area contributed by atoms with Crippen molar-refractivity contribution in [2.45, 2.75) is 12.6 Å². The quantitative estimate of drug-likeness (QED) is 0.852. The van der Waals surface area contributed by atoms with E-state index in [1.54, 1.807) is 6.92 Å². The Bertz CT molecular complexity index is 1120. The number of benzene rings is 1. The van der Waals surface area contributed by atoms with E-state index in [0.717, 1.165) is 10.8 Å². The first-order valence-corrected chi connectivity index (χ1v) is 8.01. The number of hydrogen-bond acceptors (Lipinski definition) is 4. The average Bonchev–Trinajstić information content (AvgIpc) is 2.95. The van der Waals surface area contributed by atoms with Crippen molar-refractivity contribution in [3.63, 3.8) is 0 Å². The Morgan fingerprint density at radius 2 is 2.08 bits per heavy atom. The number of hydrogen-bond donors (Lipinski definition) is 1. The molecule has 0 fully saturated rings. The third kappa shape index (κ3) is 1.72. The van der Waals surface area contributed by atoms with Crippen molar-refractivity contribution in [1.82, 2.24) is 4.90 Å². The lowest BCUT2D eigenvalue weighted by Crippen LogP contribution is -2.53. The number of carboxylic acids is 1. The molecule has 0 saturated heterocycles. The van der Waals surface area contributed by atoms with Gasteiger partial charge in [-0.3, -0.25) is 4.99 Å². The maximum absolute atomic E-state index is 11.7. The molecule has 1 aromatic carbocycles. The minimum absolute atomic E-state index is 0.241. The molecule has 0 saturated carbocycles. The Kier molecular flexibility index (Phi) is 2.58. The highest BCUT2D eigenvalue weighted by molar-refractivity contribution is 6.41. The van der Waals surface area contributed by atoms with Crippen LogP contribution < -0.4 is 15.2 Å². The van der Waals surface area contributed by atoms with Crippen LogP contribution in [0.15, 0.2) is 65.5 Å². The number of aliphatic imine (C=N–C) groups is 1. The van der Waals surface area contributed by atoms with Crippen molar-refractivity contribution in [2.75, 3.05) is 0 Å². The lowest BCUT2D eigenvalue weighted by atomic mass is 9.91. The number of aliphatic carboxylic acids is 1. The van der Waals surface area contributed by atoms with E-state index in [0.29, 0.717) is 22.4 Å². The molecule has 1 N–H and O–H groups in total. The zero-order valence-corrected chi connectivity index (χ0v) is 13.4. The van der Waals surface area contributed by atoms with Crippen LogP contribution in [0.2, 0.25) is 0 Å². The molecule has 4 aliphatic rings. The summed E-state index contributed by atoms with van der Waals surface area (Å²) in [7, 11) is 0. The second kappa shape index (κ2) is 4.60. The lowest BCUT2D eigenvalue weighted by molar-refractivity contribution is -0.130. The molecular weight excluding hydrogens is 316 g/mol. The highest BCUT2D eigenvalue weighted by Gasteiger charge is 2.42. The van der Waals surface area contributed by atoms with Crippen LogP contribution in [0.4, 0.5) is 5.69 Å². The van der Waals surface area contributed by atoms with Crippen molar-refractivity contribution in [1.29, 1.82) is 0 Å². The molecule has 0 bridgehead atoms. The molecule has 1 atom stereocenters. The fourth-order valence-electron chi connectivity index (χ4n) is 3.77. The Morgan fingerprint density at radius 3 is 2.92 bits per heavy atom. The summed E-state index contributed by atoms with van der Waals surface area (Å²) in [6.07, 6.45) is 15.8. The Morgan fingerprint density at radius 1 is 1.24 bits per heavy atom. The number of ether oxygens (including phenoxy) is 1. The second-order valence-electron chi connectivity index (χ2n) is 6.26. The molecule has 4 heterocycles. The van der Waals surface area contributed by atoms with Crippen molar-refractivity contribution >= 4 is 29.0 Å². The zero-order valence-electron chi connectivity index (χ0n) is 13.4. The summed E-state index contributed by atoms with van der Waals surface area (Å²) in [5, 5.41) is 11.0. The molecule has 5 heteroatoms. The first-order valence-electron chi connectivity index (χ1n) is 8.01. The second-order valence-corrected chi connectivity index (χ2v) is 6.26. The van der Waals surface area contributed by atoms with Crippen LogP contribution in [-0.2, 0) is 4.79 Å². The van der Waals surface area contributed by atoms with Crippen LogP contribution in [0.5, 0.6) is 5.75 Å². The van der Waals surface area contributed by atoms with Gasteiger partial charge in [0.2, 0.25) is 5.72 Å². The number of fused-ring (bicyclic) bond motifs is 3. The zero-order chi connectivity index (χ0) is 17.2. The number of carboxylic acid groups (broad SMARTS) is 1. The summed E-state index contributed by atoms with van der Waals surface area (Å²) < 4.78 is 6.40. The lowest BCUT2D eigenvalue weighted by Gasteiger charge is -2.44. The van der Waals surface area contributed by atoms with Gasteiger partial charge in [0.05, 0.1) is 17.0 Å². The SMILES string of the molecule is CC1=Nc2ccc3c(c2=C1C(=O)O)=CC1=CC=CN2C=CC=CC12O3. The summed E-state index contributed by atoms with van der Waals surface area (Å²) in [5.74, 6) is -0.318. The Hall–Kier alpha value is -3.34. The standard InChI is InChI=1S/C20H14N2O3/c1-12-17(19(23)24)18-14-11-13-5-4-10-22-9-3-2-8-20(13,22)25-16(14)7-6-15(18)21-12/h2-11H,1H3,(H,23,24). The highest BCUT2D eigenvalue weighted by Crippen LogP contribution is 2.38. The molecule has 5 nitrogen and oxygen atoms in total. The van der Waals surface area contributed by atoms with Gasteiger partial charge in [0.25, 0.3) is 0 Å². The topological polar surface area (TPSA) is 62.1 Å². The van der Waals surface area contributed by atoms with Crippen molar-refractivity contribution in [3.05, 3.63) is 70.9 Å². The van der Waals surface area contributed by atoms with Crippen molar-refractivity contribution < 1.29 is 14.6 Å². The summed E-state index contributed by atoms with van der Waals surface area (Å²) >= 11 is 0. The summed E-state index contributed by atoms with van der Waals surface area (Å²) in [6.45, 7) is 1.72. The van der Waals surface area contributed by atoms with Gasteiger partial charge >= 0.3 is 5.97 Å². The van der Waals surface area contributed by atoms with Crippen molar-refractivity contribution in [2.24, 2.45) is 4.99 Å². The summed E-state index contributed by atoms with van der Waals surface area (Å²) in [6, 6.07) is 3.68. The van der Waals surface area contributed by atoms with Crippen LogP contribution >= 0.6 is 0 Å². The summed E-state index contributed by atoms with van der Waals surface area (Å²) in [5.41, 5.74) is 1.66. The van der Waals surface area contributed by atoms with E-state index in [1.165, 1.54) is 0 Å². The van der Waals surface area contributed by atoms with E-state index in [2.05, 4.69) is 4.99 Å². The van der Waals surface area contributed by atoms with Gasteiger partial charge in [0, 0.05) is 28.4 Å². The van der Waals surface area contributed by atoms with Gasteiger partial charge in [-0.1, -0.05) is 12.2 Å².